The summed E-state index contributed by atoms with van der Waals surface area (Å²) in [5.74, 6) is -1.08. The molecule has 0 aliphatic carbocycles. The highest BCUT2D eigenvalue weighted by Crippen LogP contribution is 2.46. The summed E-state index contributed by atoms with van der Waals surface area (Å²) in [4.78, 5) is 50.4. The minimum atomic E-state index is -1.16. The molecule has 1 unspecified atom stereocenters. The second-order valence-electron chi connectivity index (χ2n) is 11.3. The summed E-state index contributed by atoms with van der Waals surface area (Å²) < 4.78 is 14.3. The average molecular weight is 570 g/mol. The van der Waals surface area contributed by atoms with E-state index in [1.165, 1.54) is 6.92 Å². The van der Waals surface area contributed by atoms with Gasteiger partial charge in [0.15, 0.2) is 0 Å². The number of halogens is 1. The molecule has 1 saturated heterocycles. The molecule has 0 spiro atoms. The third kappa shape index (κ3) is 8.72. The summed E-state index contributed by atoms with van der Waals surface area (Å²) in [5, 5.41) is 17.5. The Morgan fingerprint density at radius 2 is 1.74 bits per heavy atom. The standard InChI is InChI=1S/C27H40ClN3O8/c1-17(2)21(30-23(34)29-14-26(6,7)39-24(35)38-16-37-18(3)32)22(33)31-13-12-27(36,25(4,5)15-31)19-8-10-20(28)11-9-19/h8-11,17,21,36H,12-16H2,1-7H3,(H2,29,30,34)/t21?,27-/m0/s1. The van der Waals surface area contributed by atoms with Crippen LogP contribution in [0.15, 0.2) is 24.3 Å². The number of amides is 3. The molecule has 2 atom stereocenters. The molecular weight excluding hydrogens is 530 g/mol. The lowest BCUT2D eigenvalue weighted by molar-refractivity contribution is -0.155. The van der Waals surface area contributed by atoms with Crippen molar-refractivity contribution in [1.29, 1.82) is 0 Å². The van der Waals surface area contributed by atoms with E-state index in [4.69, 9.17) is 16.3 Å². The van der Waals surface area contributed by atoms with Crippen molar-refractivity contribution >= 4 is 35.7 Å². The molecule has 1 aromatic rings. The van der Waals surface area contributed by atoms with Gasteiger partial charge in [-0.3, -0.25) is 9.59 Å². The van der Waals surface area contributed by atoms with E-state index in [1.54, 1.807) is 43.0 Å². The number of hydrogen-bond acceptors (Lipinski definition) is 8. The predicted molar refractivity (Wildman–Crippen MR) is 144 cm³/mol. The van der Waals surface area contributed by atoms with E-state index in [2.05, 4.69) is 20.1 Å². The number of nitrogens with one attached hydrogen (secondary N) is 2. The molecule has 1 aliphatic heterocycles. The number of carbonyl (C=O) groups excluding carboxylic acids is 4. The van der Waals surface area contributed by atoms with E-state index < -0.39 is 47.6 Å². The van der Waals surface area contributed by atoms with Gasteiger partial charge in [0, 0.05) is 30.5 Å². The molecule has 1 fully saturated rings. The molecule has 3 amide bonds. The van der Waals surface area contributed by atoms with Gasteiger partial charge < -0.3 is 34.9 Å². The second kappa shape index (κ2) is 12.9. The Bertz CT molecular complexity index is 1040. The van der Waals surface area contributed by atoms with Crippen LogP contribution in [-0.4, -0.2) is 72.1 Å². The van der Waals surface area contributed by atoms with Gasteiger partial charge in [-0.2, -0.15) is 0 Å². The first-order valence-corrected chi connectivity index (χ1v) is 13.2. The third-order valence-electron chi connectivity index (χ3n) is 6.78. The quantitative estimate of drug-likeness (QED) is 0.302. The first-order valence-electron chi connectivity index (χ1n) is 12.8. The van der Waals surface area contributed by atoms with Gasteiger partial charge >= 0.3 is 18.2 Å². The molecular formula is C27H40ClN3O8. The molecule has 0 bridgehead atoms. The zero-order valence-electron chi connectivity index (χ0n) is 23.6. The predicted octanol–water partition coefficient (Wildman–Crippen LogP) is 3.56. The summed E-state index contributed by atoms with van der Waals surface area (Å²) in [6, 6.07) is 5.64. The van der Waals surface area contributed by atoms with Crippen LogP contribution in [-0.2, 0) is 29.4 Å². The maximum absolute atomic E-state index is 13.5. The van der Waals surface area contributed by atoms with Gasteiger partial charge in [0.05, 0.1) is 12.1 Å². The molecule has 11 nitrogen and oxygen atoms in total. The Hall–Kier alpha value is -3.05. The fraction of sp³-hybridized carbons (Fsp3) is 0.630. The molecule has 0 radical (unpaired) electrons. The van der Waals surface area contributed by atoms with Crippen molar-refractivity contribution in [3.8, 4) is 0 Å². The number of ether oxygens (including phenoxy) is 3. The van der Waals surface area contributed by atoms with Crippen molar-refractivity contribution in [3.05, 3.63) is 34.9 Å². The first kappa shape index (κ1) is 32.2. The van der Waals surface area contributed by atoms with E-state index in [-0.39, 0.29) is 24.9 Å². The Balaban J connectivity index is 1.98. The van der Waals surface area contributed by atoms with Crippen molar-refractivity contribution < 1.29 is 38.5 Å². The second-order valence-corrected chi connectivity index (χ2v) is 11.8. The van der Waals surface area contributed by atoms with Crippen LogP contribution in [0, 0.1) is 11.3 Å². The van der Waals surface area contributed by atoms with Crippen molar-refractivity contribution in [3.63, 3.8) is 0 Å². The maximum atomic E-state index is 13.5. The third-order valence-corrected chi connectivity index (χ3v) is 7.03. The summed E-state index contributed by atoms with van der Waals surface area (Å²) in [7, 11) is 0. The van der Waals surface area contributed by atoms with Crippen LogP contribution >= 0.6 is 11.6 Å². The molecule has 0 saturated carbocycles. The number of benzene rings is 1. The fourth-order valence-corrected chi connectivity index (χ4v) is 4.54. The highest BCUT2D eigenvalue weighted by atomic mass is 35.5. The number of urea groups is 1. The largest absolute Gasteiger partial charge is 0.511 e. The smallest absolute Gasteiger partial charge is 0.428 e. The number of hydrogen-bond donors (Lipinski definition) is 3. The highest BCUT2D eigenvalue weighted by molar-refractivity contribution is 6.30. The highest BCUT2D eigenvalue weighted by Gasteiger charge is 2.50. The number of likely N-dealkylation sites (tertiary alicyclic amines) is 1. The molecule has 12 heteroatoms. The molecule has 1 aliphatic rings. The summed E-state index contributed by atoms with van der Waals surface area (Å²) in [6.07, 6.45) is -0.742. The lowest BCUT2D eigenvalue weighted by Gasteiger charge is -2.51. The van der Waals surface area contributed by atoms with Crippen LogP contribution in [0.1, 0.15) is 60.5 Å². The van der Waals surface area contributed by atoms with E-state index in [1.807, 2.05) is 27.7 Å². The minimum Gasteiger partial charge on any atom is -0.428 e. The maximum Gasteiger partial charge on any atom is 0.511 e. The van der Waals surface area contributed by atoms with Gasteiger partial charge in [-0.15, -0.1) is 0 Å². The first-order chi connectivity index (χ1) is 18.0. The topological polar surface area (TPSA) is 144 Å². The van der Waals surface area contributed by atoms with Crippen molar-refractivity contribution in [2.45, 2.75) is 72.1 Å². The van der Waals surface area contributed by atoms with E-state index >= 15 is 0 Å². The van der Waals surface area contributed by atoms with Gasteiger partial charge in [0.2, 0.25) is 12.7 Å². The van der Waals surface area contributed by atoms with Crippen LogP contribution < -0.4 is 10.6 Å². The Kier molecular flexibility index (Phi) is 10.6. The van der Waals surface area contributed by atoms with Crippen molar-refractivity contribution in [1.82, 2.24) is 15.5 Å². The van der Waals surface area contributed by atoms with Crippen LogP contribution in [0.4, 0.5) is 9.59 Å². The molecule has 1 heterocycles. The van der Waals surface area contributed by atoms with Gasteiger partial charge in [0.1, 0.15) is 11.6 Å². The summed E-state index contributed by atoms with van der Waals surface area (Å²) >= 11 is 6.02. The number of carbonyl (C=O) groups is 4. The lowest BCUT2D eigenvalue weighted by Crippen LogP contribution is -2.61. The number of aliphatic hydroxyl groups is 1. The van der Waals surface area contributed by atoms with Gasteiger partial charge in [-0.05, 0) is 43.9 Å². The Morgan fingerprint density at radius 1 is 1.13 bits per heavy atom. The molecule has 2 rings (SSSR count). The van der Waals surface area contributed by atoms with Crippen molar-refractivity contribution in [2.24, 2.45) is 11.3 Å². The van der Waals surface area contributed by atoms with Gasteiger partial charge in [-0.1, -0.05) is 51.4 Å². The monoisotopic (exact) mass is 569 g/mol. The molecule has 218 valence electrons. The summed E-state index contributed by atoms with van der Waals surface area (Å²) in [5.41, 5.74) is -2.24. The zero-order valence-corrected chi connectivity index (χ0v) is 24.4. The molecule has 39 heavy (non-hydrogen) atoms. The van der Waals surface area contributed by atoms with E-state index in [9.17, 15) is 24.3 Å². The van der Waals surface area contributed by atoms with Gasteiger partial charge in [0.25, 0.3) is 0 Å². The number of piperidine rings is 1. The fourth-order valence-electron chi connectivity index (χ4n) is 4.42. The van der Waals surface area contributed by atoms with Crippen LogP contribution in [0.3, 0.4) is 0 Å². The van der Waals surface area contributed by atoms with Crippen LogP contribution in [0.2, 0.25) is 5.02 Å². The lowest BCUT2D eigenvalue weighted by atomic mass is 9.66. The van der Waals surface area contributed by atoms with Crippen LogP contribution in [0.5, 0.6) is 0 Å². The number of esters is 1. The number of nitrogens with zero attached hydrogens (tertiary/aromatic N) is 1. The average Bonchev–Trinajstić information content (AvgIpc) is 2.82. The Morgan fingerprint density at radius 3 is 2.28 bits per heavy atom. The summed E-state index contributed by atoms with van der Waals surface area (Å²) in [6.45, 7) is 11.7. The van der Waals surface area contributed by atoms with Crippen molar-refractivity contribution in [2.75, 3.05) is 26.4 Å². The molecule has 1 aromatic carbocycles. The molecule has 3 N–H and O–H groups in total. The molecule has 0 aromatic heterocycles. The van der Waals surface area contributed by atoms with E-state index in [0.717, 1.165) is 5.56 Å². The van der Waals surface area contributed by atoms with Crippen LogP contribution in [0.25, 0.3) is 0 Å². The normalized spacial score (nSPS) is 19.6. The van der Waals surface area contributed by atoms with E-state index in [0.29, 0.717) is 18.0 Å². The Labute approximate surface area is 234 Å². The SMILES string of the molecule is CC(=O)OCOC(=O)OC(C)(C)CNC(=O)NC(C(=O)N1CC[C@](O)(c2ccc(Cl)cc2)C(C)(C)C1)C(C)C. The van der Waals surface area contributed by atoms with Gasteiger partial charge in [-0.25, -0.2) is 9.59 Å². The minimum absolute atomic E-state index is 0.0780. The zero-order chi connectivity index (χ0) is 29.6. The number of rotatable bonds is 9.